The SMILES string of the molecule is Cc1nn(C)c2ncc(NC(C)c3cc(Cl)sc3Cl)cc12. The molecule has 0 aromatic carbocycles. The Morgan fingerprint density at radius 2 is 2.10 bits per heavy atom. The molecule has 0 amide bonds. The van der Waals surface area contributed by atoms with Crippen LogP contribution >= 0.6 is 34.5 Å². The lowest BCUT2D eigenvalue weighted by atomic mass is 10.1. The average Bonchev–Trinajstić information content (AvgIpc) is 2.90. The van der Waals surface area contributed by atoms with Crippen molar-refractivity contribution in [2.24, 2.45) is 7.05 Å². The largest absolute Gasteiger partial charge is 0.377 e. The predicted octanol–water partition coefficient (Wildman–Crippen LogP) is 4.82. The highest BCUT2D eigenvalue weighted by Crippen LogP contribution is 2.36. The van der Waals surface area contributed by atoms with Gasteiger partial charge < -0.3 is 5.32 Å². The van der Waals surface area contributed by atoms with E-state index in [2.05, 4.69) is 21.5 Å². The van der Waals surface area contributed by atoms with Crippen LogP contribution in [-0.2, 0) is 7.05 Å². The summed E-state index contributed by atoms with van der Waals surface area (Å²) in [6.07, 6.45) is 1.81. The second kappa shape index (κ2) is 5.48. The zero-order valence-corrected chi connectivity index (χ0v) is 14.1. The maximum Gasteiger partial charge on any atom is 0.157 e. The Morgan fingerprint density at radius 3 is 2.76 bits per heavy atom. The van der Waals surface area contributed by atoms with Crippen LogP contribution in [0.25, 0.3) is 11.0 Å². The van der Waals surface area contributed by atoms with Crippen LogP contribution in [0.2, 0.25) is 8.67 Å². The maximum atomic E-state index is 6.19. The second-order valence-corrected chi connectivity index (χ2v) is 7.24. The molecule has 4 nitrogen and oxygen atoms in total. The normalized spacial score (nSPS) is 12.8. The number of aryl methyl sites for hydroxylation is 2. The summed E-state index contributed by atoms with van der Waals surface area (Å²) in [5.41, 5.74) is 3.77. The Bertz CT molecular complexity index is 809. The minimum Gasteiger partial charge on any atom is -0.377 e. The maximum absolute atomic E-state index is 6.19. The minimum absolute atomic E-state index is 0.0532. The number of rotatable bonds is 3. The smallest absolute Gasteiger partial charge is 0.157 e. The molecule has 1 atom stereocenters. The van der Waals surface area contributed by atoms with Gasteiger partial charge in [0, 0.05) is 18.0 Å². The average molecular weight is 341 g/mol. The Labute approximate surface area is 136 Å². The Hall–Kier alpha value is -1.30. The fraction of sp³-hybridized carbons (Fsp3) is 0.286. The number of hydrogen-bond acceptors (Lipinski definition) is 4. The number of aromatic nitrogens is 3. The van der Waals surface area contributed by atoms with Crippen molar-refractivity contribution < 1.29 is 0 Å². The Morgan fingerprint density at radius 1 is 1.33 bits per heavy atom. The van der Waals surface area contributed by atoms with Gasteiger partial charge in [0.1, 0.15) is 0 Å². The highest BCUT2D eigenvalue weighted by molar-refractivity contribution is 7.20. The number of nitrogens with one attached hydrogen (secondary N) is 1. The molecule has 0 spiro atoms. The van der Waals surface area contributed by atoms with E-state index in [-0.39, 0.29) is 6.04 Å². The number of thiophene rings is 1. The molecule has 0 saturated heterocycles. The van der Waals surface area contributed by atoms with Gasteiger partial charge in [0.2, 0.25) is 0 Å². The zero-order valence-electron chi connectivity index (χ0n) is 11.8. The van der Waals surface area contributed by atoms with Crippen LogP contribution in [-0.4, -0.2) is 14.8 Å². The van der Waals surface area contributed by atoms with Crippen LogP contribution < -0.4 is 5.32 Å². The van der Waals surface area contributed by atoms with E-state index >= 15 is 0 Å². The summed E-state index contributed by atoms with van der Waals surface area (Å²) in [6.45, 7) is 4.03. The van der Waals surface area contributed by atoms with Crippen LogP contribution in [0.15, 0.2) is 18.3 Å². The van der Waals surface area contributed by atoms with Crippen LogP contribution in [0.5, 0.6) is 0 Å². The van der Waals surface area contributed by atoms with Gasteiger partial charge in [0.15, 0.2) is 5.65 Å². The first-order chi connectivity index (χ1) is 9.95. The van der Waals surface area contributed by atoms with Gasteiger partial charge in [0.05, 0.1) is 32.3 Å². The molecule has 3 aromatic rings. The highest BCUT2D eigenvalue weighted by Gasteiger charge is 2.14. The van der Waals surface area contributed by atoms with Crippen molar-refractivity contribution in [2.45, 2.75) is 19.9 Å². The summed E-state index contributed by atoms with van der Waals surface area (Å²) in [7, 11) is 1.89. The number of fused-ring (bicyclic) bond motifs is 1. The van der Waals surface area contributed by atoms with Crippen molar-refractivity contribution in [1.82, 2.24) is 14.8 Å². The molecule has 21 heavy (non-hydrogen) atoms. The van der Waals surface area contributed by atoms with Crippen LogP contribution in [0, 0.1) is 6.92 Å². The fourth-order valence-electron chi connectivity index (χ4n) is 2.36. The van der Waals surface area contributed by atoms with Gasteiger partial charge in [0.25, 0.3) is 0 Å². The molecular formula is C14H14Cl2N4S. The molecule has 7 heteroatoms. The lowest BCUT2D eigenvalue weighted by molar-refractivity contribution is 0.774. The van der Waals surface area contributed by atoms with Crippen LogP contribution in [0.3, 0.4) is 0 Å². The Balaban J connectivity index is 1.91. The highest BCUT2D eigenvalue weighted by atomic mass is 35.5. The van der Waals surface area contributed by atoms with Crippen molar-refractivity contribution in [3.05, 3.63) is 38.3 Å². The van der Waals surface area contributed by atoms with E-state index in [4.69, 9.17) is 23.2 Å². The second-order valence-electron chi connectivity index (χ2n) is 4.95. The molecule has 0 radical (unpaired) electrons. The molecule has 110 valence electrons. The summed E-state index contributed by atoms with van der Waals surface area (Å²) in [5, 5.41) is 8.83. The van der Waals surface area contributed by atoms with Crippen molar-refractivity contribution in [2.75, 3.05) is 5.32 Å². The lowest BCUT2D eigenvalue weighted by Crippen LogP contribution is -2.06. The monoisotopic (exact) mass is 340 g/mol. The molecule has 0 aliphatic carbocycles. The molecule has 3 heterocycles. The molecule has 0 fully saturated rings. The first kappa shape index (κ1) is 14.6. The van der Waals surface area contributed by atoms with Crippen LogP contribution in [0.4, 0.5) is 5.69 Å². The minimum atomic E-state index is 0.0532. The molecular weight excluding hydrogens is 327 g/mol. The molecule has 0 aliphatic heterocycles. The van der Waals surface area contributed by atoms with E-state index in [9.17, 15) is 0 Å². The van der Waals surface area contributed by atoms with E-state index in [1.54, 1.807) is 4.68 Å². The summed E-state index contributed by atoms with van der Waals surface area (Å²) in [5.74, 6) is 0. The summed E-state index contributed by atoms with van der Waals surface area (Å²) < 4.78 is 3.19. The summed E-state index contributed by atoms with van der Waals surface area (Å²) in [4.78, 5) is 4.46. The zero-order chi connectivity index (χ0) is 15.1. The number of nitrogens with zero attached hydrogens (tertiary/aromatic N) is 3. The van der Waals surface area contributed by atoms with E-state index < -0.39 is 0 Å². The van der Waals surface area contributed by atoms with Gasteiger partial charge in [-0.05, 0) is 26.0 Å². The lowest BCUT2D eigenvalue weighted by Gasteiger charge is -2.14. The van der Waals surface area contributed by atoms with Gasteiger partial charge in [-0.2, -0.15) is 5.10 Å². The third kappa shape index (κ3) is 2.73. The standard InChI is InChI=1S/C14H14Cl2N4S/c1-7(10-5-12(15)21-13(10)16)18-9-4-11-8(2)19-20(3)14(11)17-6-9/h4-7,18H,1-3H3. The van der Waals surface area contributed by atoms with Crippen molar-refractivity contribution >= 4 is 51.3 Å². The van der Waals surface area contributed by atoms with Gasteiger partial charge in [-0.25, -0.2) is 4.98 Å². The van der Waals surface area contributed by atoms with Crippen LogP contribution in [0.1, 0.15) is 24.2 Å². The molecule has 0 aliphatic rings. The molecule has 1 unspecified atom stereocenters. The van der Waals surface area contributed by atoms with Gasteiger partial charge in [-0.1, -0.05) is 23.2 Å². The third-order valence-electron chi connectivity index (χ3n) is 3.40. The first-order valence-electron chi connectivity index (χ1n) is 6.46. The quantitative estimate of drug-likeness (QED) is 0.743. The number of halogens is 2. The number of pyridine rings is 1. The topological polar surface area (TPSA) is 42.7 Å². The molecule has 3 aromatic heterocycles. The van der Waals surface area contributed by atoms with E-state index in [0.29, 0.717) is 8.67 Å². The molecule has 1 N–H and O–H groups in total. The molecule has 0 bridgehead atoms. The van der Waals surface area contributed by atoms with E-state index in [1.807, 2.05) is 33.2 Å². The molecule has 3 rings (SSSR count). The summed E-state index contributed by atoms with van der Waals surface area (Å²) in [6, 6.07) is 4.01. The van der Waals surface area contributed by atoms with Crippen molar-refractivity contribution in [3.63, 3.8) is 0 Å². The number of hydrogen-bond donors (Lipinski definition) is 1. The third-order valence-corrected chi connectivity index (χ3v) is 4.91. The van der Waals surface area contributed by atoms with Gasteiger partial charge in [-0.3, -0.25) is 4.68 Å². The first-order valence-corrected chi connectivity index (χ1v) is 8.03. The van der Waals surface area contributed by atoms with Gasteiger partial charge >= 0.3 is 0 Å². The predicted molar refractivity (Wildman–Crippen MR) is 89.6 cm³/mol. The number of anilines is 1. The van der Waals surface area contributed by atoms with E-state index in [0.717, 1.165) is 28.0 Å². The van der Waals surface area contributed by atoms with E-state index in [1.165, 1.54) is 11.3 Å². The fourth-order valence-corrected chi connectivity index (χ4v) is 4.01. The van der Waals surface area contributed by atoms with Crippen molar-refractivity contribution in [3.8, 4) is 0 Å². The molecule has 0 saturated carbocycles. The Kier molecular flexibility index (Phi) is 3.82. The van der Waals surface area contributed by atoms with Crippen molar-refractivity contribution in [1.29, 1.82) is 0 Å². The van der Waals surface area contributed by atoms with Gasteiger partial charge in [-0.15, -0.1) is 11.3 Å². The summed E-state index contributed by atoms with van der Waals surface area (Å²) >= 11 is 13.6.